The molecular formula is C13H11LiOS. The Hall–Kier alpha value is -0.943. The molecule has 0 aromatic heterocycles. The van der Waals surface area contributed by atoms with Crippen molar-refractivity contribution in [1.29, 1.82) is 0 Å². The summed E-state index contributed by atoms with van der Waals surface area (Å²) in [7, 11) is 0. The zero-order chi connectivity index (χ0) is 10.7. The van der Waals surface area contributed by atoms with E-state index in [1.807, 2.05) is 42.5 Å². The summed E-state index contributed by atoms with van der Waals surface area (Å²) in [4.78, 5) is 12.8. The number of benzene rings is 2. The molecule has 0 radical (unpaired) electrons. The second-order valence-corrected chi connectivity index (χ2v) is 3.76. The summed E-state index contributed by atoms with van der Waals surface area (Å²) in [6.45, 7) is 0. The Balaban J connectivity index is 0.00000128. The monoisotopic (exact) mass is 222 g/mol. The second kappa shape index (κ2) is 5.96. The second-order valence-electron chi connectivity index (χ2n) is 3.24. The van der Waals surface area contributed by atoms with Gasteiger partial charge in [0.2, 0.25) is 0 Å². The van der Waals surface area contributed by atoms with Crippen molar-refractivity contribution in [2.75, 3.05) is 0 Å². The van der Waals surface area contributed by atoms with E-state index in [1.54, 1.807) is 12.1 Å². The Morgan fingerprint density at radius 3 is 1.94 bits per heavy atom. The summed E-state index contributed by atoms with van der Waals surface area (Å²) in [6, 6.07) is 16.5. The minimum atomic E-state index is 0. The van der Waals surface area contributed by atoms with Crippen LogP contribution >= 0.6 is 12.6 Å². The summed E-state index contributed by atoms with van der Waals surface area (Å²) < 4.78 is 0. The minimum Gasteiger partial charge on any atom is -1.00 e. The third-order valence-electron chi connectivity index (χ3n) is 2.17. The van der Waals surface area contributed by atoms with Crippen LogP contribution in [0.15, 0.2) is 59.5 Å². The van der Waals surface area contributed by atoms with Gasteiger partial charge in [-0.25, -0.2) is 0 Å². The first-order valence-electron chi connectivity index (χ1n) is 4.66. The first kappa shape index (κ1) is 13.1. The van der Waals surface area contributed by atoms with Gasteiger partial charge in [-0.05, 0) is 24.3 Å². The Bertz CT molecular complexity index is 471. The number of thiol groups is 1. The standard InChI is InChI=1S/C13H10OS.Li.H/c14-13(10-4-2-1-3-5-10)11-6-8-12(15)9-7-11;;/h1-9,15H;;/q;+1;-1. The van der Waals surface area contributed by atoms with Crippen LogP contribution in [0.5, 0.6) is 0 Å². The first-order chi connectivity index (χ1) is 7.27. The predicted octanol–water partition coefficient (Wildman–Crippen LogP) is 0.323. The summed E-state index contributed by atoms with van der Waals surface area (Å²) in [5.41, 5.74) is 1.41. The molecule has 0 saturated heterocycles. The molecule has 16 heavy (non-hydrogen) atoms. The molecule has 2 aromatic rings. The van der Waals surface area contributed by atoms with Crippen LogP contribution < -0.4 is 18.9 Å². The quantitative estimate of drug-likeness (QED) is 0.440. The van der Waals surface area contributed by atoms with Gasteiger partial charge in [0.15, 0.2) is 5.78 Å². The van der Waals surface area contributed by atoms with Crippen LogP contribution in [-0.4, -0.2) is 5.78 Å². The van der Waals surface area contributed by atoms with Crippen LogP contribution in [0.2, 0.25) is 0 Å². The third-order valence-corrected chi connectivity index (χ3v) is 2.46. The summed E-state index contributed by atoms with van der Waals surface area (Å²) in [5, 5.41) is 0. The van der Waals surface area contributed by atoms with Gasteiger partial charge in [-0.15, -0.1) is 12.6 Å². The molecule has 0 amide bonds. The normalized spacial score (nSPS) is 9.31. The summed E-state index contributed by atoms with van der Waals surface area (Å²) in [6.07, 6.45) is 0. The molecule has 0 fully saturated rings. The van der Waals surface area contributed by atoms with E-state index in [9.17, 15) is 4.79 Å². The van der Waals surface area contributed by atoms with Gasteiger partial charge < -0.3 is 1.43 Å². The van der Waals surface area contributed by atoms with Crippen molar-refractivity contribution >= 4 is 18.4 Å². The van der Waals surface area contributed by atoms with Gasteiger partial charge in [0.05, 0.1) is 0 Å². The van der Waals surface area contributed by atoms with E-state index in [4.69, 9.17) is 0 Å². The van der Waals surface area contributed by atoms with E-state index in [0.29, 0.717) is 11.1 Å². The van der Waals surface area contributed by atoms with Crippen molar-refractivity contribution in [3.63, 3.8) is 0 Å². The Morgan fingerprint density at radius 2 is 1.38 bits per heavy atom. The fraction of sp³-hybridized carbons (Fsp3) is 0. The van der Waals surface area contributed by atoms with Crippen molar-refractivity contribution in [2.45, 2.75) is 4.90 Å². The molecule has 0 N–H and O–H groups in total. The Labute approximate surface area is 114 Å². The SMILES string of the molecule is O=C(c1ccccc1)c1ccc(S)cc1.[H-].[Li+]. The minimum absolute atomic E-state index is 0. The number of ketones is 1. The van der Waals surface area contributed by atoms with Gasteiger partial charge in [0.1, 0.15) is 0 Å². The van der Waals surface area contributed by atoms with Gasteiger partial charge in [-0.3, -0.25) is 4.79 Å². The van der Waals surface area contributed by atoms with Crippen molar-refractivity contribution in [3.05, 3.63) is 65.7 Å². The van der Waals surface area contributed by atoms with Crippen LogP contribution in [0.25, 0.3) is 0 Å². The zero-order valence-electron chi connectivity index (χ0n) is 10.1. The predicted molar refractivity (Wildman–Crippen MR) is 64.7 cm³/mol. The van der Waals surface area contributed by atoms with E-state index in [1.165, 1.54) is 0 Å². The van der Waals surface area contributed by atoms with Crippen LogP contribution in [0, 0.1) is 0 Å². The first-order valence-corrected chi connectivity index (χ1v) is 5.11. The molecule has 0 aliphatic carbocycles. The zero-order valence-corrected chi connectivity index (χ0v) is 9.95. The fourth-order valence-electron chi connectivity index (χ4n) is 1.37. The average Bonchev–Trinajstić information content (AvgIpc) is 2.30. The number of carbonyl (C=O) groups is 1. The molecule has 0 aliphatic rings. The molecule has 0 atom stereocenters. The molecular weight excluding hydrogens is 211 g/mol. The number of hydrogen-bond donors (Lipinski definition) is 1. The Kier molecular flexibility index (Phi) is 4.89. The number of hydrogen-bond acceptors (Lipinski definition) is 2. The van der Waals surface area contributed by atoms with Crippen LogP contribution in [0.4, 0.5) is 0 Å². The summed E-state index contributed by atoms with van der Waals surface area (Å²) in [5.74, 6) is 0.0453. The Morgan fingerprint density at radius 1 is 0.875 bits per heavy atom. The molecule has 2 rings (SSSR count). The van der Waals surface area contributed by atoms with Crippen LogP contribution in [0.3, 0.4) is 0 Å². The van der Waals surface area contributed by atoms with Crippen molar-refractivity contribution in [3.8, 4) is 0 Å². The van der Waals surface area contributed by atoms with Crippen LogP contribution in [-0.2, 0) is 0 Å². The summed E-state index contributed by atoms with van der Waals surface area (Å²) >= 11 is 4.18. The van der Waals surface area contributed by atoms with Gasteiger partial charge in [-0.2, -0.15) is 0 Å². The van der Waals surface area contributed by atoms with E-state index in [2.05, 4.69) is 12.6 Å². The molecule has 0 aliphatic heterocycles. The van der Waals surface area contributed by atoms with Gasteiger partial charge in [0.25, 0.3) is 0 Å². The van der Waals surface area contributed by atoms with E-state index < -0.39 is 0 Å². The molecule has 0 unspecified atom stereocenters. The molecule has 0 spiro atoms. The van der Waals surface area contributed by atoms with E-state index in [-0.39, 0.29) is 26.1 Å². The molecule has 2 aromatic carbocycles. The molecule has 1 nitrogen and oxygen atoms in total. The maximum atomic E-state index is 11.9. The van der Waals surface area contributed by atoms with Crippen molar-refractivity contribution in [1.82, 2.24) is 0 Å². The maximum Gasteiger partial charge on any atom is 1.00 e. The van der Waals surface area contributed by atoms with Crippen LogP contribution in [0.1, 0.15) is 17.3 Å². The largest absolute Gasteiger partial charge is 1.00 e. The van der Waals surface area contributed by atoms with E-state index in [0.717, 1.165) is 4.90 Å². The van der Waals surface area contributed by atoms with Gasteiger partial charge in [0, 0.05) is 16.0 Å². The molecule has 76 valence electrons. The fourth-order valence-corrected chi connectivity index (χ4v) is 1.52. The smallest absolute Gasteiger partial charge is 1.00 e. The van der Waals surface area contributed by atoms with Gasteiger partial charge >= 0.3 is 18.9 Å². The molecule has 0 saturated carbocycles. The average molecular weight is 222 g/mol. The third kappa shape index (κ3) is 3.02. The van der Waals surface area contributed by atoms with Crippen molar-refractivity contribution in [2.24, 2.45) is 0 Å². The maximum absolute atomic E-state index is 11.9. The molecule has 0 bridgehead atoms. The molecule has 0 heterocycles. The number of rotatable bonds is 2. The van der Waals surface area contributed by atoms with E-state index >= 15 is 0 Å². The number of carbonyl (C=O) groups excluding carboxylic acids is 1. The van der Waals surface area contributed by atoms with Gasteiger partial charge in [-0.1, -0.05) is 30.3 Å². The van der Waals surface area contributed by atoms with Crippen molar-refractivity contribution < 1.29 is 25.1 Å². The topological polar surface area (TPSA) is 17.1 Å². The molecule has 3 heteroatoms.